The Balaban J connectivity index is 1.28. The zero-order chi connectivity index (χ0) is 23.9. The van der Waals surface area contributed by atoms with Crippen molar-refractivity contribution in [3.05, 3.63) is 73.1 Å². The average Bonchev–Trinajstić information content (AvgIpc) is 3.68. The highest BCUT2D eigenvalue weighted by molar-refractivity contribution is 5.96. The van der Waals surface area contributed by atoms with E-state index < -0.39 is 0 Å². The number of pyridine rings is 4. The van der Waals surface area contributed by atoms with Crippen LogP contribution in [0.15, 0.2) is 67.5 Å². The first-order valence-electron chi connectivity index (χ1n) is 12.1. The van der Waals surface area contributed by atoms with Crippen LogP contribution in [0.3, 0.4) is 0 Å². The van der Waals surface area contributed by atoms with Crippen molar-refractivity contribution < 1.29 is 0 Å². The van der Waals surface area contributed by atoms with E-state index in [0.29, 0.717) is 5.82 Å². The normalized spacial score (nSPS) is 14.2. The van der Waals surface area contributed by atoms with Gasteiger partial charge in [-0.15, -0.1) is 0 Å². The summed E-state index contributed by atoms with van der Waals surface area (Å²) in [5.74, 6) is 0.678. The number of nitrogens with one attached hydrogen (secondary N) is 2. The van der Waals surface area contributed by atoms with Crippen molar-refractivity contribution in [3.8, 4) is 34.0 Å². The smallest absolute Gasteiger partial charge is 0.159 e. The van der Waals surface area contributed by atoms with Gasteiger partial charge in [0.05, 0.1) is 28.6 Å². The molecular weight excluding hydrogens is 450 g/mol. The van der Waals surface area contributed by atoms with Crippen LogP contribution in [-0.4, -0.2) is 58.1 Å². The highest BCUT2D eigenvalue weighted by Crippen LogP contribution is 2.31. The van der Waals surface area contributed by atoms with Crippen LogP contribution in [0.4, 0.5) is 0 Å². The van der Waals surface area contributed by atoms with Gasteiger partial charge < -0.3 is 4.98 Å². The molecule has 1 saturated heterocycles. The lowest BCUT2D eigenvalue weighted by Gasteiger charge is -2.14. The monoisotopic (exact) mass is 473 g/mol. The number of rotatable bonds is 5. The number of H-pyrrole nitrogens is 2. The second-order valence-electron chi connectivity index (χ2n) is 9.13. The molecule has 176 valence electrons. The van der Waals surface area contributed by atoms with Gasteiger partial charge in [-0.25, -0.2) is 4.98 Å². The lowest BCUT2D eigenvalue weighted by atomic mass is 10.1. The topological polar surface area (TPSA) is 112 Å². The molecule has 0 spiro atoms. The highest BCUT2D eigenvalue weighted by Gasteiger charge is 2.17. The van der Waals surface area contributed by atoms with E-state index in [2.05, 4.69) is 52.1 Å². The molecule has 0 saturated carbocycles. The molecule has 0 aliphatic carbocycles. The lowest BCUT2D eigenvalue weighted by Crippen LogP contribution is -2.18. The maximum Gasteiger partial charge on any atom is 0.159 e. The Hall–Kier alpha value is -4.50. The molecule has 1 fully saturated rings. The molecule has 1 aliphatic rings. The van der Waals surface area contributed by atoms with E-state index in [4.69, 9.17) is 4.98 Å². The van der Waals surface area contributed by atoms with E-state index in [1.165, 1.54) is 18.4 Å². The summed E-state index contributed by atoms with van der Waals surface area (Å²) >= 11 is 0. The van der Waals surface area contributed by atoms with Crippen molar-refractivity contribution in [2.75, 3.05) is 13.1 Å². The molecule has 0 unspecified atom stereocenters. The highest BCUT2D eigenvalue weighted by atomic mass is 15.1. The molecular formula is C27H23N9. The predicted molar refractivity (Wildman–Crippen MR) is 138 cm³/mol. The Morgan fingerprint density at radius 2 is 1.69 bits per heavy atom. The molecule has 9 heteroatoms. The molecule has 6 aromatic rings. The minimum absolute atomic E-state index is 0.678. The van der Waals surface area contributed by atoms with Crippen molar-refractivity contribution in [1.29, 1.82) is 0 Å². The van der Waals surface area contributed by atoms with Crippen LogP contribution in [0.2, 0.25) is 0 Å². The molecule has 0 amide bonds. The van der Waals surface area contributed by atoms with Gasteiger partial charge in [0.25, 0.3) is 0 Å². The average molecular weight is 474 g/mol. The van der Waals surface area contributed by atoms with E-state index in [-0.39, 0.29) is 0 Å². The van der Waals surface area contributed by atoms with Crippen LogP contribution >= 0.6 is 0 Å². The van der Waals surface area contributed by atoms with Crippen LogP contribution in [0.5, 0.6) is 0 Å². The van der Waals surface area contributed by atoms with E-state index >= 15 is 0 Å². The van der Waals surface area contributed by atoms with Gasteiger partial charge in [-0.05, 0) is 61.8 Å². The Morgan fingerprint density at radius 1 is 0.806 bits per heavy atom. The third kappa shape index (κ3) is 3.70. The molecule has 36 heavy (non-hydrogen) atoms. The molecule has 0 aromatic carbocycles. The zero-order valence-electron chi connectivity index (χ0n) is 19.5. The van der Waals surface area contributed by atoms with Gasteiger partial charge in [0, 0.05) is 54.0 Å². The molecule has 0 atom stereocenters. The van der Waals surface area contributed by atoms with Crippen molar-refractivity contribution in [1.82, 2.24) is 45.0 Å². The molecule has 0 radical (unpaired) electrons. The maximum atomic E-state index is 4.90. The summed E-state index contributed by atoms with van der Waals surface area (Å²) in [4.78, 5) is 28.7. The Bertz CT molecular complexity index is 1680. The van der Waals surface area contributed by atoms with Gasteiger partial charge in [-0.2, -0.15) is 5.10 Å². The van der Waals surface area contributed by atoms with Gasteiger partial charge in [-0.3, -0.25) is 29.9 Å². The summed E-state index contributed by atoms with van der Waals surface area (Å²) in [5, 5.41) is 8.62. The molecule has 7 rings (SSSR count). The van der Waals surface area contributed by atoms with Crippen molar-refractivity contribution in [3.63, 3.8) is 0 Å². The first kappa shape index (κ1) is 20.8. The minimum Gasteiger partial charge on any atom is -0.336 e. The Labute approximate surface area is 206 Å². The molecule has 0 bridgehead atoms. The van der Waals surface area contributed by atoms with Crippen molar-refractivity contribution >= 4 is 21.9 Å². The molecule has 6 aromatic heterocycles. The fraction of sp³-hybridized carbons (Fsp3) is 0.185. The largest absolute Gasteiger partial charge is 0.336 e. The summed E-state index contributed by atoms with van der Waals surface area (Å²) in [6, 6.07) is 10.0. The van der Waals surface area contributed by atoms with Crippen LogP contribution in [0.1, 0.15) is 18.4 Å². The van der Waals surface area contributed by atoms with Gasteiger partial charge in [0.2, 0.25) is 0 Å². The van der Waals surface area contributed by atoms with Crippen LogP contribution < -0.4 is 0 Å². The fourth-order valence-corrected chi connectivity index (χ4v) is 4.94. The number of nitrogens with zero attached hydrogens (tertiary/aromatic N) is 7. The second-order valence-corrected chi connectivity index (χ2v) is 9.13. The van der Waals surface area contributed by atoms with E-state index in [1.807, 2.05) is 36.8 Å². The van der Waals surface area contributed by atoms with Gasteiger partial charge in [0.1, 0.15) is 11.2 Å². The fourth-order valence-electron chi connectivity index (χ4n) is 4.94. The summed E-state index contributed by atoms with van der Waals surface area (Å²) in [6.07, 6.45) is 13.5. The van der Waals surface area contributed by atoms with E-state index in [9.17, 15) is 0 Å². The third-order valence-corrected chi connectivity index (χ3v) is 6.72. The first-order chi connectivity index (χ1) is 17.8. The summed E-state index contributed by atoms with van der Waals surface area (Å²) < 4.78 is 0. The predicted octanol–water partition coefficient (Wildman–Crippen LogP) is 4.62. The van der Waals surface area contributed by atoms with Gasteiger partial charge >= 0.3 is 0 Å². The molecule has 9 nitrogen and oxygen atoms in total. The number of aromatic amines is 2. The van der Waals surface area contributed by atoms with Crippen LogP contribution in [0.25, 0.3) is 56.0 Å². The Morgan fingerprint density at radius 3 is 2.58 bits per heavy atom. The standard InChI is InChI=1S/C27H23N9/c1-2-10-36(9-1)16-17-11-19(14-29-13-17)22-12-20-23(15-31-22)34-35-25(20)27-32-21-5-8-30-24(26(21)33-27)18-3-6-28-7-4-18/h3-8,11-15H,1-2,9-10,16H2,(H,32,33)(H,34,35). The van der Waals surface area contributed by atoms with E-state index in [0.717, 1.165) is 69.8 Å². The number of hydrogen-bond acceptors (Lipinski definition) is 7. The van der Waals surface area contributed by atoms with Crippen LogP contribution in [0, 0.1) is 0 Å². The number of likely N-dealkylation sites (tertiary alicyclic amines) is 1. The van der Waals surface area contributed by atoms with Crippen molar-refractivity contribution in [2.24, 2.45) is 0 Å². The molecule has 1 aliphatic heterocycles. The summed E-state index contributed by atoms with van der Waals surface area (Å²) in [5.41, 5.74) is 8.12. The SMILES string of the molecule is c1cc(-c2nccc3[nH]c(-c4n[nH]c5cnc(-c6cncc(CN7CCCC7)c6)cc45)nc23)ccn1. The third-order valence-electron chi connectivity index (χ3n) is 6.72. The minimum atomic E-state index is 0.678. The number of hydrogen-bond donors (Lipinski definition) is 2. The summed E-state index contributed by atoms with van der Waals surface area (Å²) in [6.45, 7) is 3.23. The van der Waals surface area contributed by atoms with Crippen LogP contribution in [-0.2, 0) is 6.54 Å². The number of fused-ring (bicyclic) bond motifs is 2. The maximum absolute atomic E-state index is 4.90. The zero-order valence-corrected chi connectivity index (χ0v) is 19.5. The molecule has 2 N–H and O–H groups in total. The first-order valence-corrected chi connectivity index (χ1v) is 12.1. The lowest BCUT2D eigenvalue weighted by molar-refractivity contribution is 0.331. The Kier molecular flexibility index (Phi) is 4.99. The van der Waals surface area contributed by atoms with Gasteiger partial charge in [-0.1, -0.05) is 0 Å². The number of imidazole rings is 1. The van der Waals surface area contributed by atoms with Crippen molar-refractivity contribution in [2.45, 2.75) is 19.4 Å². The molecule has 7 heterocycles. The van der Waals surface area contributed by atoms with E-state index in [1.54, 1.807) is 18.6 Å². The quantitative estimate of drug-likeness (QED) is 0.376. The van der Waals surface area contributed by atoms with Gasteiger partial charge in [0.15, 0.2) is 5.82 Å². The number of aromatic nitrogens is 8. The second kappa shape index (κ2) is 8.62. The summed E-state index contributed by atoms with van der Waals surface area (Å²) in [7, 11) is 0.